The van der Waals surface area contributed by atoms with Gasteiger partial charge in [0.1, 0.15) is 11.6 Å². The topological polar surface area (TPSA) is 29.5 Å². The van der Waals surface area contributed by atoms with Crippen LogP contribution < -0.4 is 9.64 Å². The van der Waals surface area contributed by atoms with Crippen LogP contribution >= 0.6 is 11.6 Å². The molecule has 1 amide bonds. The number of amides is 1. The van der Waals surface area contributed by atoms with Crippen molar-refractivity contribution in [3.05, 3.63) is 58.9 Å². The lowest BCUT2D eigenvalue weighted by atomic mass is 10.1. The molecule has 0 atom stereocenters. The Kier molecular flexibility index (Phi) is 4.25. The molecule has 0 N–H and O–H groups in total. The van der Waals surface area contributed by atoms with Crippen molar-refractivity contribution >= 4 is 23.2 Å². The summed E-state index contributed by atoms with van der Waals surface area (Å²) in [6, 6.07) is 10.9. The van der Waals surface area contributed by atoms with Crippen LogP contribution in [-0.4, -0.2) is 20.1 Å². The molecule has 3 nitrogen and oxygen atoms in total. The van der Waals surface area contributed by atoms with E-state index in [-0.39, 0.29) is 5.56 Å². The fraction of sp³-hybridized carbons (Fsp3) is 0.133. The lowest BCUT2D eigenvalue weighted by molar-refractivity contribution is 0.0988. The normalized spacial score (nSPS) is 10.2. The van der Waals surface area contributed by atoms with E-state index in [2.05, 4.69) is 0 Å². The zero-order valence-corrected chi connectivity index (χ0v) is 11.8. The van der Waals surface area contributed by atoms with Crippen LogP contribution in [0.3, 0.4) is 0 Å². The van der Waals surface area contributed by atoms with E-state index in [0.29, 0.717) is 16.5 Å². The molecule has 0 aliphatic carbocycles. The predicted molar refractivity (Wildman–Crippen MR) is 77.1 cm³/mol. The molecule has 0 radical (unpaired) electrons. The third-order valence-corrected chi connectivity index (χ3v) is 3.15. The van der Waals surface area contributed by atoms with Crippen molar-refractivity contribution in [3.8, 4) is 5.75 Å². The molecule has 0 spiro atoms. The molecule has 0 aliphatic rings. The van der Waals surface area contributed by atoms with E-state index in [0.717, 1.165) is 0 Å². The molecule has 104 valence electrons. The molecule has 0 fully saturated rings. The molecule has 2 rings (SSSR count). The maximum absolute atomic E-state index is 13.7. The number of hydrogen-bond donors (Lipinski definition) is 0. The summed E-state index contributed by atoms with van der Waals surface area (Å²) in [5, 5.41) is 0.308. The number of methoxy groups -OCH3 is 1. The first-order valence-electron chi connectivity index (χ1n) is 5.90. The molecule has 0 unspecified atom stereocenters. The number of anilines is 1. The van der Waals surface area contributed by atoms with Gasteiger partial charge < -0.3 is 9.64 Å². The third-order valence-electron chi connectivity index (χ3n) is 2.91. The van der Waals surface area contributed by atoms with Crippen molar-refractivity contribution in [2.75, 3.05) is 19.1 Å². The van der Waals surface area contributed by atoms with Gasteiger partial charge in [-0.05, 0) is 30.3 Å². The van der Waals surface area contributed by atoms with Gasteiger partial charge in [0.2, 0.25) is 0 Å². The Balaban J connectivity index is 2.40. The first-order chi connectivity index (χ1) is 9.54. The van der Waals surface area contributed by atoms with E-state index in [1.807, 2.05) is 0 Å². The number of rotatable bonds is 3. The Morgan fingerprint density at radius 2 is 1.95 bits per heavy atom. The minimum absolute atomic E-state index is 0.0779. The van der Waals surface area contributed by atoms with Crippen molar-refractivity contribution in [1.82, 2.24) is 0 Å². The smallest absolute Gasteiger partial charge is 0.261 e. The lowest BCUT2D eigenvalue weighted by Crippen LogP contribution is -2.27. The van der Waals surface area contributed by atoms with Gasteiger partial charge in [-0.3, -0.25) is 4.79 Å². The van der Waals surface area contributed by atoms with Gasteiger partial charge in [-0.2, -0.15) is 0 Å². The van der Waals surface area contributed by atoms with Gasteiger partial charge in [-0.25, -0.2) is 4.39 Å². The zero-order valence-electron chi connectivity index (χ0n) is 11.1. The van der Waals surface area contributed by atoms with Gasteiger partial charge in [0.15, 0.2) is 0 Å². The molecular formula is C15H13ClFNO2. The van der Waals surface area contributed by atoms with Gasteiger partial charge >= 0.3 is 0 Å². The van der Waals surface area contributed by atoms with E-state index in [4.69, 9.17) is 16.3 Å². The Hall–Kier alpha value is -2.07. The summed E-state index contributed by atoms with van der Waals surface area (Å²) in [4.78, 5) is 13.7. The van der Waals surface area contributed by atoms with Crippen LogP contribution in [0.2, 0.25) is 5.02 Å². The summed E-state index contributed by atoms with van der Waals surface area (Å²) in [6.07, 6.45) is 0. The number of nitrogens with zero attached hydrogens (tertiary/aromatic N) is 1. The van der Waals surface area contributed by atoms with E-state index in [9.17, 15) is 9.18 Å². The van der Waals surface area contributed by atoms with Crippen LogP contribution in [0.1, 0.15) is 10.4 Å². The van der Waals surface area contributed by atoms with E-state index < -0.39 is 11.7 Å². The van der Waals surface area contributed by atoms with E-state index in [1.165, 1.54) is 30.2 Å². The molecule has 0 heterocycles. The molecule has 0 aliphatic heterocycles. The fourth-order valence-corrected chi connectivity index (χ4v) is 2.03. The summed E-state index contributed by atoms with van der Waals surface area (Å²) in [7, 11) is 3.07. The van der Waals surface area contributed by atoms with Gasteiger partial charge in [0.05, 0.1) is 18.4 Å². The molecule has 2 aromatic rings. The summed E-state index contributed by atoms with van der Waals surface area (Å²) >= 11 is 5.81. The van der Waals surface area contributed by atoms with Crippen LogP contribution in [-0.2, 0) is 0 Å². The number of benzene rings is 2. The summed E-state index contributed by atoms with van der Waals surface area (Å²) in [5.74, 6) is -0.568. The molecule has 20 heavy (non-hydrogen) atoms. The van der Waals surface area contributed by atoms with Crippen molar-refractivity contribution in [3.63, 3.8) is 0 Å². The highest BCUT2D eigenvalue weighted by molar-refractivity contribution is 6.31. The standard InChI is InChI=1S/C15H13ClFNO2/c1-18(13-5-3-4-6-14(13)20-2)15(19)11-9-10(16)7-8-12(11)17/h3-9H,1-2H3. The highest BCUT2D eigenvalue weighted by Gasteiger charge is 2.20. The zero-order chi connectivity index (χ0) is 14.7. The largest absolute Gasteiger partial charge is 0.495 e. The second-order valence-corrected chi connectivity index (χ2v) is 4.60. The second kappa shape index (κ2) is 5.92. The minimum Gasteiger partial charge on any atom is -0.495 e. The van der Waals surface area contributed by atoms with E-state index >= 15 is 0 Å². The maximum Gasteiger partial charge on any atom is 0.261 e. The number of ether oxygens (including phenoxy) is 1. The van der Waals surface area contributed by atoms with Crippen LogP contribution in [0.15, 0.2) is 42.5 Å². The first kappa shape index (κ1) is 14.3. The maximum atomic E-state index is 13.7. The van der Waals surface area contributed by atoms with Crippen molar-refractivity contribution < 1.29 is 13.9 Å². The number of para-hydroxylation sites is 2. The summed E-state index contributed by atoms with van der Waals surface area (Å²) < 4.78 is 18.9. The monoisotopic (exact) mass is 293 g/mol. The predicted octanol–water partition coefficient (Wildman–Crippen LogP) is 3.76. The molecule has 0 aromatic heterocycles. The molecular weight excluding hydrogens is 281 g/mol. The number of carbonyl (C=O) groups is 1. The van der Waals surface area contributed by atoms with Gasteiger partial charge in [-0.15, -0.1) is 0 Å². The Morgan fingerprint density at radius 3 is 2.65 bits per heavy atom. The van der Waals surface area contributed by atoms with Crippen LogP contribution in [0.4, 0.5) is 10.1 Å². The summed E-state index contributed by atoms with van der Waals surface area (Å²) in [5.41, 5.74) is 0.477. The highest BCUT2D eigenvalue weighted by atomic mass is 35.5. The number of halogens is 2. The van der Waals surface area contributed by atoms with E-state index in [1.54, 1.807) is 31.3 Å². The number of hydrogen-bond acceptors (Lipinski definition) is 2. The fourth-order valence-electron chi connectivity index (χ4n) is 1.86. The van der Waals surface area contributed by atoms with Crippen LogP contribution in [0.5, 0.6) is 5.75 Å². The third kappa shape index (κ3) is 2.75. The average Bonchev–Trinajstić information content (AvgIpc) is 2.48. The molecule has 0 saturated carbocycles. The first-order valence-corrected chi connectivity index (χ1v) is 6.28. The number of carbonyl (C=O) groups excluding carboxylic acids is 1. The quantitative estimate of drug-likeness (QED) is 0.862. The Bertz CT molecular complexity index is 646. The van der Waals surface area contributed by atoms with Gasteiger partial charge in [0.25, 0.3) is 5.91 Å². The Labute approximate surface area is 121 Å². The van der Waals surface area contributed by atoms with Gasteiger partial charge in [0, 0.05) is 12.1 Å². The molecule has 2 aromatic carbocycles. The van der Waals surface area contributed by atoms with Crippen molar-refractivity contribution in [2.45, 2.75) is 0 Å². The Morgan fingerprint density at radius 1 is 1.25 bits per heavy atom. The molecule has 0 bridgehead atoms. The van der Waals surface area contributed by atoms with Crippen molar-refractivity contribution in [2.24, 2.45) is 0 Å². The minimum atomic E-state index is -0.610. The highest BCUT2D eigenvalue weighted by Crippen LogP contribution is 2.28. The molecule has 0 saturated heterocycles. The lowest BCUT2D eigenvalue weighted by Gasteiger charge is -2.20. The average molecular weight is 294 g/mol. The molecule has 5 heteroatoms. The van der Waals surface area contributed by atoms with Crippen LogP contribution in [0.25, 0.3) is 0 Å². The van der Waals surface area contributed by atoms with Gasteiger partial charge in [-0.1, -0.05) is 23.7 Å². The second-order valence-electron chi connectivity index (χ2n) is 4.16. The van der Waals surface area contributed by atoms with Crippen molar-refractivity contribution in [1.29, 1.82) is 0 Å². The van der Waals surface area contributed by atoms with Crippen LogP contribution in [0, 0.1) is 5.82 Å². The summed E-state index contributed by atoms with van der Waals surface area (Å²) in [6.45, 7) is 0. The SMILES string of the molecule is COc1ccccc1N(C)C(=O)c1cc(Cl)ccc1F.